The number of hydrogen-bond donors (Lipinski definition) is 1. The van der Waals surface area contributed by atoms with Gasteiger partial charge in [-0.3, -0.25) is 10.1 Å². The minimum Gasteiger partial charge on any atom is -0.495 e. The maximum atomic E-state index is 12.1. The molecule has 0 bridgehead atoms. The minimum absolute atomic E-state index is 0.0900. The lowest BCUT2D eigenvalue weighted by Gasteiger charge is -2.05. The molecule has 3 rings (SSSR count). The van der Waals surface area contributed by atoms with Gasteiger partial charge in [-0.15, -0.1) is 0 Å². The number of carbonyl (C=O) groups excluding carboxylic acids is 1. The molecule has 1 aromatic heterocycles. The number of benzene rings is 2. The first kappa shape index (κ1) is 17.0. The van der Waals surface area contributed by atoms with Crippen LogP contribution in [0.4, 0.5) is 5.13 Å². The number of carbonyl (C=O) groups is 1. The number of aromatic nitrogens is 1. The van der Waals surface area contributed by atoms with Gasteiger partial charge in [0.1, 0.15) is 27.5 Å². The van der Waals surface area contributed by atoms with Crippen molar-refractivity contribution in [1.82, 2.24) is 4.98 Å². The monoisotopic (exact) mass is 358 g/mol. The molecule has 0 aliphatic carbocycles. The van der Waals surface area contributed by atoms with Crippen molar-refractivity contribution in [3.63, 3.8) is 0 Å². The van der Waals surface area contributed by atoms with Gasteiger partial charge in [-0.05, 0) is 31.2 Å². The van der Waals surface area contributed by atoms with Gasteiger partial charge in [-0.25, -0.2) is 4.98 Å². The van der Waals surface area contributed by atoms with Crippen molar-refractivity contribution >= 4 is 32.6 Å². The summed E-state index contributed by atoms with van der Waals surface area (Å²) in [5, 5.41) is 3.22. The highest BCUT2D eigenvalue weighted by Gasteiger charge is 2.15. The Balaban J connectivity index is 1.71. The van der Waals surface area contributed by atoms with E-state index >= 15 is 0 Å². The lowest BCUT2D eigenvalue weighted by Crippen LogP contribution is -2.19. The van der Waals surface area contributed by atoms with Crippen molar-refractivity contribution in [2.75, 3.05) is 26.1 Å². The number of hydrogen-bond acceptors (Lipinski definition) is 6. The summed E-state index contributed by atoms with van der Waals surface area (Å²) in [4.78, 5) is 16.5. The molecule has 25 heavy (non-hydrogen) atoms. The molecule has 0 aliphatic heterocycles. The molecule has 0 unspecified atom stereocenters. The molecule has 6 nitrogen and oxygen atoms in total. The number of fused-ring (bicyclic) bond motifs is 1. The van der Waals surface area contributed by atoms with E-state index in [1.165, 1.54) is 11.3 Å². The Morgan fingerprint density at radius 3 is 2.44 bits per heavy atom. The van der Waals surface area contributed by atoms with Crippen LogP contribution in [0, 0.1) is 6.92 Å². The highest BCUT2D eigenvalue weighted by molar-refractivity contribution is 7.22. The number of nitrogens with one attached hydrogen (secondary N) is 1. The number of rotatable bonds is 6. The van der Waals surface area contributed by atoms with E-state index in [-0.39, 0.29) is 12.5 Å². The minimum atomic E-state index is -0.280. The Hall–Kier alpha value is -2.80. The summed E-state index contributed by atoms with van der Waals surface area (Å²) in [5.74, 6) is 1.68. The second-order valence-corrected chi connectivity index (χ2v) is 6.32. The topological polar surface area (TPSA) is 69.7 Å². The number of ether oxygens (including phenoxy) is 3. The molecule has 0 fully saturated rings. The molecule has 0 saturated heterocycles. The Bertz CT molecular complexity index is 849. The van der Waals surface area contributed by atoms with Crippen LogP contribution >= 0.6 is 11.3 Å². The zero-order valence-electron chi connectivity index (χ0n) is 14.2. The fourth-order valence-corrected chi connectivity index (χ4v) is 3.27. The molecule has 0 radical (unpaired) electrons. The van der Waals surface area contributed by atoms with Crippen molar-refractivity contribution in [2.45, 2.75) is 6.92 Å². The van der Waals surface area contributed by atoms with Crippen LogP contribution in [-0.4, -0.2) is 31.7 Å². The number of amides is 1. The van der Waals surface area contributed by atoms with Crippen LogP contribution in [0.25, 0.3) is 10.2 Å². The summed E-state index contributed by atoms with van der Waals surface area (Å²) in [5.41, 5.74) is 1.79. The third-order valence-electron chi connectivity index (χ3n) is 3.55. The largest absolute Gasteiger partial charge is 0.495 e. The van der Waals surface area contributed by atoms with Gasteiger partial charge in [-0.2, -0.15) is 0 Å². The van der Waals surface area contributed by atoms with Gasteiger partial charge in [0.25, 0.3) is 5.91 Å². The van der Waals surface area contributed by atoms with Crippen molar-refractivity contribution < 1.29 is 19.0 Å². The molecule has 1 amide bonds. The molecule has 130 valence electrons. The first-order chi connectivity index (χ1) is 12.1. The fourth-order valence-electron chi connectivity index (χ4n) is 2.28. The first-order valence-electron chi connectivity index (χ1n) is 7.61. The van der Waals surface area contributed by atoms with Gasteiger partial charge in [0, 0.05) is 0 Å². The lowest BCUT2D eigenvalue weighted by atomic mass is 10.2. The molecule has 1 N–H and O–H groups in total. The van der Waals surface area contributed by atoms with E-state index in [0.29, 0.717) is 27.9 Å². The molecular formula is C18H18N2O4S. The zero-order chi connectivity index (χ0) is 17.8. The van der Waals surface area contributed by atoms with E-state index in [2.05, 4.69) is 10.3 Å². The van der Waals surface area contributed by atoms with Gasteiger partial charge >= 0.3 is 0 Å². The Labute approximate surface area is 149 Å². The standard InChI is InChI=1S/C18H18N2O4S/c1-11-4-6-12(7-5-11)24-10-15(21)19-18-20-16-13(22-2)8-9-14(23-3)17(16)25-18/h4-9H,10H2,1-3H3,(H,19,20,21). The van der Waals surface area contributed by atoms with Crippen molar-refractivity contribution in [3.05, 3.63) is 42.0 Å². The van der Waals surface area contributed by atoms with Gasteiger partial charge in [0.15, 0.2) is 11.7 Å². The van der Waals surface area contributed by atoms with Gasteiger partial charge < -0.3 is 14.2 Å². The summed E-state index contributed by atoms with van der Waals surface area (Å²) in [6, 6.07) is 11.1. The lowest BCUT2D eigenvalue weighted by molar-refractivity contribution is -0.118. The Kier molecular flexibility index (Phi) is 5.04. The highest BCUT2D eigenvalue weighted by Crippen LogP contribution is 2.38. The zero-order valence-corrected chi connectivity index (χ0v) is 15.0. The fraction of sp³-hybridized carbons (Fsp3) is 0.222. The quantitative estimate of drug-likeness (QED) is 0.728. The van der Waals surface area contributed by atoms with E-state index < -0.39 is 0 Å². The van der Waals surface area contributed by atoms with E-state index in [9.17, 15) is 4.79 Å². The van der Waals surface area contributed by atoms with E-state index in [1.54, 1.807) is 20.3 Å². The summed E-state index contributed by atoms with van der Waals surface area (Å²) < 4.78 is 16.9. The first-order valence-corrected chi connectivity index (χ1v) is 8.43. The molecule has 0 aliphatic rings. The van der Waals surface area contributed by atoms with Crippen LogP contribution in [-0.2, 0) is 4.79 Å². The number of anilines is 1. The summed E-state index contributed by atoms with van der Waals surface area (Å²) in [6.45, 7) is 1.90. The number of methoxy groups -OCH3 is 2. The smallest absolute Gasteiger partial charge is 0.264 e. The van der Waals surface area contributed by atoms with Crippen LogP contribution < -0.4 is 19.5 Å². The van der Waals surface area contributed by atoms with Crippen LogP contribution in [0.5, 0.6) is 17.2 Å². The molecule has 7 heteroatoms. The number of nitrogens with zero attached hydrogens (tertiary/aromatic N) is 1. The van der Waals surface area contributed by atoms with Crippen molar-refractivity contribution in [3.8, 4) is 17.2 Å². The van der Waals surface area contributed by atoms with E-state index in [1.807, 2.05) is 37.3 Å². The Morgan fingerprint density at radius 1 is 1.08 bits per heavy atom. The molecular weight excluding hydrogens is 340 g/mol. The van der Waals surface area contributed by atoms with E-state index in [4.69, 9.17) is 14.2 Å². The second kappa shape index (κ2) is 7.40. The maximum Gasteiger partial charge on any atom is 0.264 e. The van der Waals surface area contributed by atoms with Crippen molar-refractivity contribution in [2.24, 2.45) is 0 Å². The number of aryl methyl sites for hydroxylation is 1. The van der Waals surface area contributed by atoms with Crippen molar-refractivity contribution in [1.29, 1.82) is 0 Å². The maximum absolute atomic E-state index is 12.1. The Morgan fingerprint density at radius 2 is 1.76 bits per heavy atom. The highest BCUT2D eigenvalue weighted by atomic mass is 32.1. The summed E-state index contributed by atoms with van der Waals surface area (Å²) >= 11 is 1.33. The van der Waals surface area contributed by atoms with E-state index in [0.717, 1.165) is 10.3 Å². The predicted octanol–water partition coefficient (Wildman–Crippen LogP) is 3.64. The molecule has 2 aromatic carbocycles. The van der Waals surface area contributed by atoms with Crippen LogP contribution in [0.3, 0.4) is 0 Å². The summed E-state index contributed by atoms with van der Waals surface area (Å²) in [7, 11) is 3.17. The third kappa shape index (κ3) is 3.83. The molecule has 0 saturated carbocycles. The van der Waals surface area contributed by atoms with Gasteiger partial charge in [0.05, 0.1) is 14.2 Å². The number of thiazole rings is 1. The predicted molar refractivity (Wildman–Crippen MR) is 98.0 cm³/mol. The molecule has 0 spiro atoms. The average molecular weight is 358 g/mol. The normalized spacial score (nSPS) is 10.5. The van der Waals surface area contributed by atoms with Crippen LogP contribution in [0.15, 0.2) is 36.4 Å². The second-order valence-electron chi connectivity index (χ2n) is 5.32. The SMILES string of the molecule is COc1ccc(OC)c2sc(NC(=O)COc3ccc(C)cc3)nc12. The summed E-state index contributed by atoms with van der Waals surface area (Å²) in [6.07, 6.45) is 0. The molecule has 0 atom stereocenters. The van der Waals surface area contributed by atoms with Crippen LogP contribution in [0.2, 0.25) is 0 Å². The molecule has 1 heterocycles. The third-order valence-corrected chi connectivity index (χ3v) is 4.53. The molecule has 3 aromatic rings. The van der Waals surface area contributed by atoms with Crippen LogP contribution in [0.1, 0.15) is 5.56 Å². The van der Waals surface area contributed by atoms with Gasteiger partial charge in [0.2, 0.25) is 0 Å². The average Bonchev–Trinajstić information content (AvgIpc) is 3.03. The van der Waals surface area contributed by atoms with Gasteiger partial charge in [-0.1, -0.05) is 29.0 Å².